The summed E-state index contributed by atoms with van der Waals surface area (Å²) < 4.78 is 13.6. The van der Waals surface area contributed by atoms with Gasteiger partial charge >= 0.3 is 0 Å². The molecule has 0 saturated heterocycles. The topological polar surface area (TPSA) is 18.5 Å². The lowest BCUT2D eigenvalue weighted by atomic mass is 10.1. The van der Waals surface area contributed by atoms with Gasteiger partial charge in [0.1, 0.15) is 6.67 Å². The normalized spacial score (nSPS) is 19.0. The maximum atomic E-state index is 12.7. The first kappa shape index (κ1) is 19.4. The van der Waals surface area contributed by atoms with Gasteiger partial charge in [-0.1, -0.05) is 18.2 Å². The van der Waals surface area contributed by atoms with Crippen molar-refractivity contribution >= 4 is 15.9 Å². The van der Waals surface area contributed by atoms with Crippen LogP contribution >= 0.6 is 15.9 Å². The van der Waals surface area contributed by atoms with Crippen molar-refractivity contribution in [1.82, 2.24) is 15.1 Å². The molecular weight excluding hydrogens is 345 g/mol. The van der Waals surface area contributed by atoms with Crippen molar-refractivity contribution in [3.8, 4) is 0 Å². The zero-order valence-electron chi connectivity index (χ0n) is 13.9. The fourth-order valence-electron chi connectivity index (χ4n) is 2.40. The van der Waals surface area contributed by atoms with Crippen molar-refractivity contribution in [2.24, 2.45) is 0 Å². The van der Waals surface area contributed by atoms with Crippen molar-refractivity contribution < 1.29 is 4.39 Å². The first-order chi connectivity index (χ1) is 10.5. The van der Waals surface area contributed by atoms with E-state index in [1.165, 1.54) is 12.8 Å². The highest BCUT2D eigenvalue weighted by molar-refractivity contribution is 9.11. The molecule has 1 N–H and O–H groups in total. The van der Waals surface area contributed by atoms with E-state index >= 15 is 0 Å². The molecule has 1 aliphatic rings. The van der Waals surface area contributed by atoms with Gasteiger partial charge in [0, 0.05) is 38.3 Å². The molecule has 1 aliphatic carbocycles. The maximum absolute atomic E-state index is 12.7. The van der Waals surface area contributed by atoms with Crippen molar-refractivity contribution in [2.75, 3.05) is 33.9 Å². The molecule has 0 heterocycles. The molecule has 0 radical (unpaired) electrons. The lowest BCUT2D eigenvalue weighted by molar-refractivity contribution is 0.158. The van der Waals surface area contributed by atoms with Crippen LogP contribution in [0.25, 0.3) is 0 Å². The predicted octanol–water partition coefficient (Wildman–Crippen LogP) is 3.31. The van der Waals surface area contributed by atoms with Crippen LogP contribution in [0.15, 0.2) is 35.5 Å². The predicted molar refractivity (Wildman–Crippen MR) is 97.0 cm³/mol. The fraction of sp³-hybridized carbons (Fsp3) is 0.647. The summed E-state index contributed by atoms with van der Waals surface area (Å²) in [4.78, 5) is 4.55. The number of hydrogen-bond donors (Lipinski definition) is 1. The van der Waals surface area contributed by atoms with Crippen LogP contribution in [0.1, 0.15) is 19.8 Å². The van der Waals surface area contributed by atoms with Gasteiger partial charge in [-0.25, -0.2) is 4.39 Å². The van der Waals surface area contributed by atoms with Crippen molar-refractivity contribution in [2.45, 2.75) is 37.9 Å². The van der Waals surface area contributed by atoms with E-state index in [9.17, 15) is 4.39 Å². The van der Waals surface area contributed by atoms with E-state index in [1.54, 1.807) is 0 Å². The van der Waals surface area contributed by atoms with Crippen LogP contribution in [0.4, 0.5) is 4.39 Å². The Balaban J connectivity index is 2.77. The van der Waals surface area contributed by atoms with Crippen LogP contribution < -0.4 is 5.32 Å². The van der Waals surface area contributed by atoms with Crippen molar-refractivity contribution in [1.29, 1.82) is 0 Å². The van der Waals surface area contributed by atoms with Gasteiger partial charge in [-0.3, -0.25) is 9.80 Å². The Morgan fingerprint density at radius 1 is 1.50 bits per heavy atom. The highest BCUT2D eigenvalue weighted by atomic mass is 79.9. The molecule has 1 rings (SSSR count). The molecule has 0 bridgehead atoms. The Hall–Kier alpha value is -0.650. The molecule has 1 fully saturated rings. The number of alkyl halides is 1. The summed E-state index contributed by atoms with van der Waals surface area (Å²) in [6.07, 6.45) is 10.6. The molecule has 3 nitrogen and oxygen atoms in total. The number of likely N-dealkylation sites (N-methyl/N-ethyl adjacent to an activating group) is 1. The highest BCUT2D eigenvalue weighted by Gasteiger charge is 2.32. The van der Waals surface area contributed by atoms with E-state index in [0.717, 1.165) is 11.2 Å². The molecule has 2 atom stereocenters. The monoisotopic (exact) mass is 373 g/mol. The van der Waals surface area contributed by atoms with Crippen LogP contribution in [0, 0.1) is 0 Å². The Bertz CT molecular complexity index is 393. The third-order valence-corrected chi connectivity index (χ3v) is 4.76. The van der Waals surface area contributed by atoms with E-state index in [2.05, 4.69) is 50.6 Å². The first-order valence-corrected chi connectivity index (χ1v) is 8.69. The zero-order chi connectivity index (χ0) is 16.5. The maximum Gasteiger partial charge on any atom is 0.102 e. The van der Waals surface area contributed by atoms with E-state index in [1.807, 2.05) is 32.3 Å². The summed E-state index contributed by atoms with van der Waals surface area (Å²) in [5.41, 5.74) is 0. The lowest BCUT2D eigenvalue weighted by Gasteiger charge is -2.34. The number of rotatable bonds is 11. The Kier molecular flexibility index (Phi) is 8.98. The average Bonchev–Trinajstić information content (AvgIpc) is 3.34. The summed E-state index contributed by atoms with van der Waals surface area (Å²) in [6, 6.07) is 1.19. The van der Waals surface area contributed by atoms with Gasteiger partial charge in [-0.2, -0.15) is 0 Å². The summed E-state index contributed by atoms with van der Waals surface area (Å²) in [5, 5.41) is 3.02. The quantitative estimate of drug-likeness (QED) is 0.340. The summed E-state index contributed by atoms with van der Waals surface area (Å²) in [7, 11) is 3.84. The van der Waals surface area contributed by atoms with Gasteiger partial charge in [-0.15, -0.1) is 6.58 Å². The van der Waals surface area contributed by atoms with E-state index < -0.39 is 0 Å². The largest absolute Gasteiger partial charge is 0.382 e. The minimum atomic E-state index is -0.322. The lowest BCUT2D eigenvalue weighted by Crippen LogP contribution is -2.45. The SMILES string of the molecule is C=CC(C)N(CC(C=C/C=C(/Br)NC)N(C)CCF)C1CC1. The zero-order valence-corrected chi connectivity index (χ0v) is 15.5. The summed E-state index contributed by atoms with van der Waals surface area (Å²) in [6.45, 7) is 7.13. The Morgan fingerprint density at radius 2 is 2.18 bits per heavy atom. The third kappa shape index (κ3) is 6.63. The smallest absolute Gasteiger partial charge is 0.102 e. The second-order valence-electron chi connectivity index (χ2n) is 5.79. The van der Waals surface area contributed by atoms with Gasteiger partial charge < -0.3 is 5.32 Å². The molecule has 126 valence electrons. The highest BCUT2D eigenvalue weighted by Crippen LogP contribution is 2.29. The molecule has 0 aromatic heterocycles. The van der Waals surface area contributed by atoms with E-state index in [0.29, 0.717) is 18.6 Å². The first-order valence-electron chi connectivity index (χ1n) is 7.89. The van der Waals surface area contributed by atoms with Crippen LogP contribution in [0.3, 0.4) is 0 Å². The standard InChI is InChI=1S/C17H29BrFN3/c1-5-14(2)22(15-9-10-15)13-16(21(4)12-11-19)7-6-8-17(18)20-3/h5-8,14-16,20H,1,9-13H2,2-4H3/b7-6?,17-8-. The molecule has 0 aromatic rings. The molecule has 5 heteroatoms. The number of allylic oxidation sites excluding steroid dienone is 2. The molecule has 22 heavy (non-hydrogen) atoms. The van der Waals surface area contributed by atoms with Crippen LogP contribution in [-0.2, 0) is 0 Å². The van der Waals surface area contributed by atoms with E-state index in [4.69, 9.17) is 0 Å². The average molecular weight is 374 g/mol. The van der Waals surface area contributed by atoms with Crippen LogP contribution in [0.5, 0.6) is 0 Å². The van der Waals surface area contributed by atoms with Crippen molar-refractivity contribution in [3.63, 3.8) is 0 Å². The van der Waals surface area contributed by atoms with E-state index in [-0.39, 0.29) is 12.7 Å². The second-order valence-corrected chi connectivity index (χ2v) is 6.65. The van der Waals surface area contributed by atoms with Gasteiger partial charge in [0.2, 0.25) is 0 Å². The third-order valence-electron chi connectivity index (χ3n) is 4.10. The fourth-order valence-corrected chi connectivity index (χ4v) is 2.56. The van der Waals surface area contributed by atoms with Crippen molar-refractivity contribution in [3.05, 3.63) is 35.5 Å². The molecule has 0 aromatic carbocycles. The minimum Gasteiger partial charge on any atom is -0.382 e. The molecule has 0 spiro atoms. The Morgan fingerprint density at radius 3 is 2.68 bits per heavy atom. The number of hydrogen-bond acceptors (Lipinski definition) is 3. The number of nitrogens with one attached hydrogen (secondary N) is 1. The summed E-state index contributed by atoms with van der Waals surface area (Å²) >= 11 is 3.41. The van der Waals surface area contributed by atoms with Gasteiger partial charge in [-0.05, 0) is 48.8 Å². The minimum absolute atomic E-state index is 0.187. The number of halogens is 2. The second kappa shape index (κ2) is 10.2. The Labute approximate surface area is 143 Å². The molecule has 0 amide bonds. The summed E-state index contributed by atoms with van der Waals surface area (Å²) in [5.74, 6) is 0. The molecule has 2 unspecified atom stereocenters. The molecular formula is C17H29BrFN3. The van der Waals surface area contributed by atoms with Gasteiger partial charge in [0.05, 0.1) is 4.61 Å². The van der Waals surface area contributed by atoms with Gasteiger partial charge in [0.15, 0.2) is 0 Å². The molecule has 0 aliphatic heterocycles. The van der Waals surface area contributed by atoms with Crippen LogP contribution in [0.2, 0.25) is 0 Å². The molecule has 1 saturated carbocycles. The van der Waals surface area contributed by atoms with Crippen LogP contribution in [-0.4, -0.2) is 61.8 Å². The number of nitrogens with zero attached hydrogens (tertiary/aromatic N) is 2. The van der Waals surface area contributed by atoms with Gasteiger partial charge in [0.25, 0.3) is 0 Å².